The number of amidine groups is 1. The molecule has 0 aliphatic rings. The van der Waals surface area contributed by atoms with Gasteiger partial charge in [-0.3, -0.25) is 10.2 Å². The van der Waals surface area contributed by atoms with Gasteiger partial charge in [0.05, 0.1) is 0 Å². The Balaban J connectivity index is 3.40. The first-order valence-corrected chi connectivity index (χ1v) is 3.03. The van der Waals surface area contributed by atoms with Crippen molar-refractivity contribution in [3.63, 3.8) is 0 Å². The summed E-state index contributed by atoms with van der Waals surface area (Å²) >= 11 is 0.777. The van der Waals surface area contributed by atoms with E-state index < -0.39 is 0 Å². The maximum absolute atomic E-state index is 10.4. The standard InChI is InChI=1S/C4H8N2OS/c1-2-3(7)8-4(5)6/h2H2,1H3,(H3,5,6). The molecule has 0 amide bonds. The lowest BCUT2D eigenvalue weighted by Crippen LogP contribution is -2.06. The molecule has 0 aliphatic carbocycles. The van der Waals surface area contributed by atoms with Crippen molar-refractivity contribution in [3.8, 4) is 0 Å². The van der Waals surface area contributed by atoms with Gasteiger partial charge in [-0.1, -0.05) is 6.92 Å². The molecule has 0 spiro atoms. The van der Waals surface area contributed by atoms with E-state index in [1.165, 1.54) is 0 Å². The highest BCUT2D eigenvalue weighted by Crippen LogP contribution is 2.01. The molecule has 0 aromatic carbocycles. The molecule has 0 bridgehead atoms. The molecule has 0 aromatic heterocycles. The van der Waals surface area contributed by atoms with Crippen molar-refractivity contribution in [3.05, 3.63) is 0 Å². The molecular weight excluding hydrogens is 124 g/mol. The molecule has 0 heterocycles. The van der Waals surface area contributed by atoms with Gasteiger partial charge in [0.2, 0.25) is 0 Å². The van der Waals surface area contributed by atoms with Gasteiger partial charge in [-0.15, -0.1) is 0 Å². The van der Waals surface area contributed by atoms with E-state index in [0.717, 1.165) is 11.8 Å². The Morgan fingerprint density at radius 1 is 1.88 bits per heavy atom. The van der Waals surface area contributed by atoms with Crippen LogP contribution in [0.1, 0.15) is 13.3 Å². The summed E-state index contributed by atoms with van der Waals surface area (Å²) in [7, 11) is 0. The van der Waals surface area contributed by atoms with Crippen LogP contribution in [0.15, 0.2) is 0 Å². The van der Waals surface area contributed by atoms with E-state index in [-0.39, 0.29) is 10.3 Å². The quantitative estimate of drug-likeness (QED) is 0.404. The van der Waals surface area contributed by atoms with Crippen LogP contribution in [0.25, 0.3) is 0 Å². The van der Waals surface area contributed by atoms with Crippen molar-refractivity contribution in [2.24, 2.45) is 5.73 Å². The van der Waals surface area contributed by atoms with Crippen molar-refractivity contribution in [1.29, 1.82) is 5.41 Å². The number of hydrogen-bond acceptors (Lipinski definition) is 3. The van der Waals surface area contributed by atoms with Crippen molar-refractivity contribution in [1.82, 2.24) is 0 Å². The molecule has 0 fully saturated rings. The minimum Gasteiger partial charge on any atom is -0.378 e. The molecule has 0 saturated heterocycles. The smallest absolute Gasteiger partial charge is 0.196 e. The fourth-order valence-electron chi connectivity index (χ4n) is 0.195. The molecule has 3 N–H and O–H groups in total. The van der Waals surface area contributed by atoms with E-state index in [1.807, 2.05) is 0 Å². The predicted octanol–water partition coefficient (Wildman–Crippen LogP) is 0.550. The number of thioether (sulfide) groups is 1. The summed E-state index contributed by atoms with van der Waals surface area (Å²) in [6.07, 6.45) is 0.435. The molecule has 0 unspecified atom stereocenters. The molecule has 0 aliphatic heterocycles. The number of carbonyl (C=O) groups is 1. The first-order valence-electron chi connectivity index (χ1n) is 2.21. The van der Waals surface area contributed by atoms with Gasteiger partial charge >= 0.3 is 0 Å². The van der Waals surface area contributed by atoms with Crippen LogP contribution < -0.4 is 5.73 Å². The predicted molar refractivity (Wildman–Crippen MR) is 34.8 cm³/mol. The average Bonchev–Trinajstić information content (AvgIpc) is 1.65. The van der Waals surface area contributed by atoms with Gasteiger partial charge in [0.25, 0.3) is 0 Å². The molecule has 0 rings (SSSR count). The van der Waals surface area contributed by atoms with E-state index in [4.69, 9.17) is 11.1 Å². The average molecular weight is 132 g/mol. The molecule has 0 aromatic rings. The van der Waals surface area contributed by atoms with Crippen LogP contribution in [-0.2, 0) is 4.79 Å². The second-order valence-electron chi connectivity index (χ2n) is 1.19. The van der Waals surface area contributed by atoms with Crippen LogP contribution >= 0.6 is 11.8 Å². The largest absolute Gasteiger partial charge is 0.378 e. The number of rotatable bonds is 1. The molecule has 0 atom stereocenters. The number of hydrogen-bond donors (Lipinski definition) is 2. The van der Waals surface area contributed by atoms with Gasteiger partial charge < -0.3 is 5.73 Å². The summed E-state index contributed by atoms with van der Waals surface area (Å²) in [6, 6.07) is 0. The molecule has 8 heavy (non-hydrogen) atoms. The maximum Gasteiger partial charge on any atom is 0.196 e. The highest BCUT2D eigenvalue weighted by molar-refractivity contribution is 8.26. The van der Waals surface area contributed by atoms with Crippen molar-refractivity contribution >= 4 is 22.0 Å². The Bertz CT molecular complexity index is 113. The number of carbonyl (C=O) groups excluding carboxylic acids is 1. The van der Waals surface area contributed by atoms with Crippen LogP contribution in [0.2, 0.25) is 0 Å². The van der Waals surface area contributed by atoms with E-state index in [9.17, 15) is 4.79 Å². The zero-order valence-electron chi connectivity index (χ0n) is 4.60. The van der Waals surface area contributed by atoms with Crippen LogP contribution in [0.3, 0.4) is 0 Å². The molecule has 46 valence electrons. The molecule has 0 saturated carbocycles. The topological polar surface area (TPSA) is 66.9 Å². The SMILES string of the molecule is CCC(=O)SC(=N)N. The van der Waals surface area contributed by atoms with E-state index in [1.54, 1.807) is 6.92 Å². The lowest BCUT2D eigenvalue weighted by molar-refractivity contribution is -0.110. The lowest BCUT2D eigenvalue weighted by atomic mass is 10.6. The summed E-state index contributed by atoms with van der Waals surface area (Å²) in [5.41, 5.74) is 4.89. The molecular formula is C4H8N2OS. The first kappa shape index (κ1) is 7.49. The van der Waals surface area contributed by atoms with Gasteiger partial charge in [-0.25, -0.2) is 0 Å². The highest BCUT2D eigenvalue weighted by atomic mass is 32.2. The molecule has 0 radical (unpaired) electrons. The van der Waals surface area contributed by atoms with Gasteiger partial charge in [0.15, 0.2) is 10.3 Å². The second-order valence-corrected chi connectivity index (χ2v) is 2.29. The summed E-state index contributed by atoms with van der Waals surface area (Å²) < 4.78 is 0. The van der Waals surface area contributed by atoms with Gasteiger partial charge in [-0.05, 0) is 11.8 Å². The van der Waals surface area contributed by atoms with Crippen molar-refractivity contribution < 1.29 is 4.79 Å². The Morgan fingerprint density at radius 3 is 2.50 bits per heavy atom. The van der Waals surface area contributed by atoms with Crippen LogP contribution in [-0.4, -0.2) is 10.3 Å². The minimum atomic E-state index is -0.128. The summed E-state index contributed by atoms with van der Waals surface area (Å²) in [5.74, 6) is 0. The van der Waals surface area contributed by atoms with E-state index in [2.05, 4.69) is 0 Å². The number of nitrogens with one attached hydrogen (secondary N) is 1. The number of nitrogens with two attached hydrogens (primary N) is 1. The van der Waals surface area contributed by atoms with E-state index in [0.29, 0.717) is 6.42 Å². The van der Waals surface area contributed by atoms with Gasteiger partial charge in [-0.2, -0.15) is 0 Å². The summed E-state index contributed by atoms with van der Waals surface area (Å²) in [4.78, 5) is 10.4. The van der Waals surface area contributed by atoms with Gasteiger partial charge in [0, 0.05) is 6.42 Å². The monoisotopic (exact) mass is 132 g/mol. The van der Waals surface area contributed by atoms with E-state index >= 15 is 0 Å². The zero-order chi connectivity index (χ0) is 6.57. The zero-order valence-corrected chi connectivity index (χ0v) is 5.42. The summed E-state index contributed by atoms with van der Waals surface area (Å²) in [5, 5.41) is 6.46. The lowest BCUT2D eigenvalue weighted by Gasteiger charge is -1.89. The fraction of sp³-hybridized carbons (Fsp3) is 0.500. The first-order chi connectivity index (χ1) is 3.66. The summed E-state index contributed by atoms with van der Waals surface area (Å²) in [6.45, 7) is 1.73. The second kappa shape index (κ2) is 3.49. The van der Waals surface area contributed by atoms with Gasteiger partial charge in [0.1, 0.15) is 0 Å². The normalized spacial score (nSPS) is 8.62. The Morgan fingerprint density at radius 2 is 2.38 bits per heavy atom. The Labute approximate surface area is 52.1 Å². The van der Waals surface area contributed by atoms with Crippen LogP contribution in [0.5, 0.6) is 0 Å². The Hall–Kier alpha value is -0.510. The highest BCUT2D eigenvalue weighted by Gasteiger charge is 1.98. The third-order valence-electron chi connectivity index (χ3n) is 0.512. The molecule has 3 nitrogen and oxygen atoms in total. The third-order valence-corrected chi connectivity index (χ3v) is 1.25. The van der Waals surface area contributed by atoms with Crippen LogP contribution in [0, 0.1) is 5.41 Å². The van der Waals surface area contributed by atoms with Crippen molar-refractivity contribution in [2.75, 3.05) is 0 Å². The third kappa shape index (κ3) is 3.67. The Kier molecular flexibility index (Phi) is 3.26. The van der Waals surface area contributed by atoms with Crippen molar-refractivity contribution in [2.45, 2.75) is 13.3 Å². The maximum atomic E-state index is 10.4. The fourth-order valence-corrected chi connectivity index (χ4v) is 0.584. The minimum absolute atomic E-state index is 0.0579. The molecule has 4 heteroatoms. The van der Waals surface area contributed by atoms with Crippen LogP contribution in [0.4, 0.5) is 0 Å².